The van der Waals surface area contributed by atoms with Gasteiger partial charge in [-0.1, -0.05) is 0 Å². The molecule has 0 spiro atoms. The van der Waals surface area contributed by atoms with E-state index in [1.807, 2.05) is 0 Å². The van der Waals surface area contributed by atoms with Crippen molar-refractivity contribution >= 4 is 5.91 Å². The van der Waals surface area contributed by atoms with Crippen LogP contribution in [0.5, 0.6) is 0 Å². The summed E-state index contributed by atoms with van der Waals surface area (Å²) in [6.07, 6.45) is 6.45. The van der Waals surface area contributed by atoms with Crippen molar-refractivity contribution in [1.29, 1.82) is 0 Å². The van der Waals surface area contributed by atoms with Crippen LogP contribution >= 0.6 is 0 Å². The summed E-state index contributed by atoms with van der Waals surface area (Å²) in [4.78, 5) is 38.4. The van der Waals surface area contributed by atoms with Crippen molar-refractivity contribution in [2.75, 3.05) is 6.54 Å². The number of rotatable bonds is 4. The number of carbonyl (C=O) groups is 1. The Hall–Kier alpha value is -1.93. The Balaban J connectivity index is 1.23. The number of aromatic nitrogens is 2. The van der Waals surface area contributed by atoms with E-state index in [-0.39, 0.29) is 24.3 Å². The minimum absolute atomic E-state index is 0.104. The lowest BCUT2D eigenvalue weighted by Gasteiger charge is -2.55. The van der Waals surface area contributed by atoms with Crippen LogP contribution in [0.1, 0.15) is 51.2 Å². The van der Waals surface area contributed by atoms with Crippen molar-refractivity contribution in [3.05, 3.63) is 33.1 Å². The number of aromatic amines is 1. The third-order valence-corrected chi connectivity index (χ3v) is 7.35. The highest BCUT2D eigenvalue weighted by Crippen LogP contribution is 2.60. The fourth-order valence-electron chi connectivity index (χ4n) is 6.49. The highest BCUT2D eigenvalue weighted by Gasteiger charge is 2.54. The average Bonchev–Trinajstić information content (AvgIpc) is 2.99. The summed E-state index contributed by atoms with van der Waals surface area (Å²) in [6.45, 7) is 0.232. The number of nitrogens with zero attached hydrogens (tertiary/aromatic N) is 1. The summed E-state index contributed by atoms with van der Waals surface area (Å²) in [7, 11) is 0. The first kappa shape index (κ1) is 18.1. The Bertz CT molecular complexity index is 855. The number of carbonyl (C=O) groups excluding carboxylic acids is 1. The maximum Gasteiger partial charge on any atom is 0.330 e. The number of aliphatic hydroxyl groups excluding tert-OH is 1. The van der Waals surface area contributed by atoms with Crippen molar-refractivity contribution in [3.63, 3.8) is 0 Å². The Kier molecular flexibility index (Phi) is 4.24. The predicted molar refractivity (Wildman–Crippen MR) is 99.5 cm³/mol. The molecule has 1 aromatic rings. The van der Waals surface area contributed by atoms with Gasteiger partial charge in [0.15, 0.2) is 0 Å². The molecule has 5 aliphatic rings. The molecular formula is C20H27N3O5. The van der Waals surface area contributed by atoms with Gasteiger partial charge in [0.2, 0.25) is 5.91 Å². The second kappa shape index (κ2) is 6.56. The molecule has 4 saturated carbocycles. The van der Waals surface area contributed by atoms with Crippen LogP contribution in [0.15, 0.2) is 21.9 Å². The fraction of sp³-hybridized carbons (Fsp3) is 0.750. The number of hydrogen-bond acceptors (Lipinski definition) is 5. The van der Waals surface area contributed by atoms with E-state index in [0.29, 0.717) is 17.8 Å². The van der Waals surface area contributed by atoms with Crippen LogP contribution in [0.4, 0.5) is 0 Å². The van der Waals surface area contributed by atoms with Crippen molar-refractivity contribution in [3.8, 4) is 0 Å². The quantitative estimate of drug-likeness (QED) is 0.695. The summed E-state index contributed by atoms with van der Waals surface area (Å²) < 4.78 is 7.10. The first-order chi connectivity index (χ1) is 13.4. The van der Waals surface area contributed by atoms with Gasteiger partial charge in [0, 0.05) is 30.6 Å². The molecule has 1 amide bonds. The zero-order valence-corrected chi connectivity index (χ0v) is 15.8. The summed E-state index contributed by atoms with van der Waals surface area (Å²) >= 11 is 0. The molecule has 3 atom stereocenters. The van der Waals surface area contributed by atoms with E-state index < -0.39 is 29.7 Å². The minimum Gasteiger partial charge on any atom is -0.390 e. The van der Waals surface area contributed by atoms with Gasteiger partial charge < -0.3 is 15.2 Å². The molecule has 8 nitrogen and oxygen atoms in total. The van der Waals surface area contributed by atoms with E-state index in [4.69, 9.17) is 4.74 Å². The lowest BCUT2D eigenvalue weighted by atomic mass is 9.49. The van der Waals surface area contributed by atoms with Gasteiger partial charge in [0.1, 0.15) is 12.3 Å². The molecule has 28 heavy (non-hydrogen) atoms. The second-order valence-corrected chi connectivity index (χ2v) is 9.36. The largest absolute Gasteiger partial charge is 0.390 e. The van der Waals surface area contributed by atoms with E-state index in [9.17, 15) is 19.5 Å². The molecular weight excluding hydrogens is 362 g/mol. The van der Waals surface area contributed by atoms with Gasteiger partial charge in [-0.05, 0) is 56.3 Å². The average molecular weight is 389 g/mol. The zero-order chi connectivity index (χ0) is 19.5. The zero-order valence-electron chi connectivity index (χ0n) is 15.8. The highest BCUT2D eigenvalue weighted by molar-refractivity contribution is 5.83. The predicted octanol–water partition coefficient (Wildman–Crippen LogP) is 0.518. The highest BCUT2D eigenvalue weighted by atomic mass is 16.5. The second-order valence-electron chi connectivity index (χ2n) is 9.36. The maximum atomic E-state index is 13.1. The van der Waals surface area contributed by atoms with Gasteiger partial charge in [-0.3, -0.25) is 19.1 Å². The molecule has 3 N–H and O–H groups in total. The number of ether oxygens (including phenoxy) is 1. The van der Waals surface area contributed by atoms with Gasteiger partial charge >= 0.3 is 5.69 Å². The van der Waals surface area contributed by atoms with Crippen LogP contribution in [0, 0.1) is 23.2 Å². The van der Waals surface area contributed by atoms with Gasteiger partial charge in [0.05, 0.1) is 6.10 Å². The molecule has 152 valence electrons. The molecule has 1 saturated heterocycles. The van der Waals surface area contributed by atoms with E-state index in [1.165, 1.54) is 36.1 Å². The van der Waals surface area contributed by atoms with Gasteiger partial charge in [-0.2, -0.15) is 0 Å². The number of H-pyrrole nitrogens is 1. The molecule has 0 radical (unpaired) electrons. The van der Waals surface area contributed by atoms with Crippen molar-refractivity contribution in [2.24, 2.45) is 23.2 Å². The van der Waals surface area contributed by atoms with Crippen LogP contribution < -0.4 is 16.6 Å². The lowest BCUT2D eigenvalue weighted by molar-refractivity contribution is -0.147. The summed E-state index contributed by atoms with van der Waals surface area (Å²) in [5, 5.41) is 13.4. The number of aliphatic hydroxyl groups is 1. The standard InChI is InChI=1S/C20H27N3O5/c24-14-6-17(23-2-1-16(25)22-19(23)27)28-15(14)10-21-18(26)20-7-11-3-12(8-20)5-13(4-11)9-20/h1-2,11-15,17,24H,3-10H2,(H,21,26)(H,22,25,27)/t11?,12?,13?,14-,15+,17+,20?/m0/s1. The van der Waals surface area contributed by atoms with Gasteiger partial charge in [-0.15, -0.1) is 0 Å². The molecule has 6 rings (SSSR count). The lowest BCUT2D eigenvalue weighted by Crippen LogP contribution is -2.54. The smallest absolute Gasteiger partial charge is 0.330 e. The molecule has 1 aromatic heterocycles. The normalized spacial score (nSPS) is 41.3. The number of amides is 1. The minimum atomic E-state index is -0.777. The molecule has 5 fully saturated rings. The molecule has 4 aliphatic carbocycles. The Morgan fingerprint density at radius 2 is 1.82 bits per heavy atom. The van der Waals surface area contributed by atoms with Gasteiger partial charge in [-0.25, -0.2) is 4.79 Å². The van der Waals surface area contributed by atoms with E-state index in [1.54, 1.807) is 0 Å². The first-order valence-electron chi connectivity index (χ1n) is 10.4. The first-order valence-corrected chi connectivity index (χ1v) is 10.4. The molecule has 1 aliphatic heterocycles. The fourth-order valence-corrected chi connectivity index (χ4v) is 6.49. The monoisotopic (exact) mass is 389 g/mol. The number of nitrogens with one attached hydrogen (secondary N) is 2. The SMILES string of the molecule is O=C(NC[C@H]1O[C@@H](n2ccc(=O)[nH]c2=O)C[C@@H]1O)C12CC3CC(CC(C3)C1)C2. The Morgan fingerprint density at radius 1 is 1.18 bits per heavy atom. The van der Waals surface area contributed by atoms with Gasteiger partial charge in [0.25, 0.3) is 5.56 Å². The van der Waals surface area contributed by atoms with Crippen LogP contribution in [-0.4, -0.2) is 39.3 Å². The molecule has 2 heterocycles. The van der Waals surface area contributed by atoms with Crippen LogP contribution in [0.25, 0.3) is 0 Å². The number of hydrogen-bond donors (Lipinski definition) is 3. The molecule has 8 heteroatoms. The van der Waals surface area contributed by atoms with Crippen LogP contribution in [0.3, 0.4) is 0 Å². The van der Waals surface area contributed by atoms with Crippen molar-refractivity contribution in [2.45, 2.75) is 63.4 Å². The third-order valence-electron chi connectivity index (χ3n) is 7.35. The van der Waals surface area contributed by atoms with Crippen molar-refractivity contribution in [1.82, 2.24) is 14.9 Å². The Labute approximate surface area is 162 Å². The molecule has 0 unspecified atom stereocenters. The van der Waals surface area contributed by atoms with Crippen molar-refractivity contribution < 1.29 is 14.6 Å². The third kappa shape index (κ3) is 3.03. The van der Waals surface area contributed by atoms with E-state index in [0.717, 1.165) is 19.3 Å². The topological polar surface area (TPSA) is 113 Å². The maximum absolute atomic E-state index is 13.1. The van der Waals surface area contributed by atoms with Crippen LogP contribution in [-0.2, 0) is 9.53 Å². The summed E-state index contributed by atoms with van der Waals surface area (Å²) in [5.41, 5.74) is -1.27. The van der Waals surface area contributed by atoms with Crippen LogP contribution in [0.2, 0.25) is 0 Å². The molecule has 4 bridgehead atoms. The molecule has 0 aromatic carbocycles. The van der Waals surface area contributed by atoms with E-state index >= 15 is 0 Å². The Morgan fingerprint density at radius 3 is 2.43 bits per heavy atom. The summed E-state index contributed by atoms with van der Waals surface area (Å²) in [6, 6.07) is 1.25. The summed E-state index contributed by atoms with van der Waals surface area (Å²) in [5.74, 6) is 2.19. The van der Waals surface area contributed by atoms with E-state index in [2.05, 4.69) is 10.3 Å².